The molecule has 2 rings (SSSR count). The largest absolute Gasteiger partial charge is 0.497 e. The number of nitrogens with one attached hydrogen (secondary N) is 1. The fraction of sp³-hybridized carbons (Fsp3) is 0.385. The van der Waals surface area contributed by atoms with Crippen LogP contribution in [0.3, 0.4) is 0 Å². The number of fused-ring (bicyclic) bond motifs is 1. The molecule has 2 aromatic rings. The Morgan fingerprint density at radius 3 is 2.82 bits per heavy atom. The summed E-state index contributed by atoms with van der Waals surface area (Å²) in [6.07, 6.45) is 4.10. The molecule has 3 N–H and O–H groups in total. The zero-order valence-electron chi connectivity index (χ0n) is 10.2. The van der Waals surface area contributed by atoms with Crippen molar-refractivity contribution in [2.24, 2.45) is 5.73 Å². The summed E-state index contributed by atoms with van der Waals surface area (Å²) >= 11 is 0. The summed E-state index contributed by atoms with van der Waals surface area (Å²) in [5.41, 5.74) is 8.44. The molecule has 0 saturated carbocycles. The standard InChI is InChI=1S/C13H18N2O.ClH/c1-3-4-12(14)11-8-15-13-6-5-9(16-2)7-10(11)13;/h5-8,12,15H,3-4,14H2,1-2H3;1H/t12-;/m1./s1. The Bertz CT molecular complexity index is 481. The molecule has 0 saturated heterocycles. The number of methoxy groups -OCH3 is 1. The van der Waals surface area contributed by atoms with E-state index in [1.54, 1.807) is 7.11 Å². The molecule has 4 heteroatoms. The normalized spacial score (nSPS) is 12.2. The van der Waals surface area contributed by atoms with Gasteiger partial charge in [0.15, 0.2) is 0 Å². The van der Waals surface area contributed by atoms with Crippen molar-refractivity contribution in [1.82, 2.24) is 4.98 Å². The minimum Gasteiger partial charge on any atom is -0.497 e. The summed E-state index contributed by atoms with van der Waals surface area (Å²) in [6, 6.07) is 6.12. The zero-order valence-corrected chi connectivity index (χ0v) is 11.0. The van der Waals surface area contributed by atoms with Gasteiger partial charge in [-0.1, -0.05) is 13.3 Å². The van der Waals surface area contributed by atoms with Crippen LogP contribution in [0.2, 0.25) is 0 Å². The summed E-state index contributed by atoms with van der Waals surface area (Å²) < 4.78 is 5.23. The molecule has 94 valence electrons. The molecule has 0 spiro atoms. The van der Waals surface area contributed by atoms with Gasteiger partial charge in [-0.2, -0.15) is 0 Å². The second kappa shape index (κ2) is 5.94. The van der Waals surface area contributed by atoms with Crippen molar-refractivity contribution in [1.29, 1.82) is 0 Å². The lowest BCUT2D eigenvalue weighted by Gasteiger charge is -2.09. The van der Waals surface area contributed by atoms with Crippen molar-refractivity contribution < 1.29 is 4.74 Å². The van der Waals surface area contributed by atoms with Crippen LogP contribution >= 0.6 is 12.4 Å². The number of hydrogen-bond donors (Lipinski definition) is 2. The summed E-state index contributed by atoms with van der Waals surface area (Å²) in [5, 5.41) is 1.17. The van der Waals surface area contributed by atoms with Gasteiger partial charge in [0.1, 0.15) is 5.75 Å². The highest BCUT2D eigenvalue weighted by molar-refractivity contribution is 5.85. The Hall–Kier alpha value is -1.19. The molecule has 0 unspecified atom stereocenters. The number of H-pyrrole nitrogens is 1. The number of hydrogen-bond acceptors (Lipinski definition) is 2. The first-order valence-corrected chi connectivity index (χ1v) is 5.67. The van der Waals surface area contributed by atoms with Gasteiger partial charge < -0.3 is 15.5 Å². The monoisotopic (exact) mass is 254 g/mol. The van der Waals surface area contributed by atoms with Crippen LogP contribution in [0, 0.1) is 0 Å². The Kier molecular flexibility index (Phi) is 4.85. The van der Waals surface area contributed by atoms with Crippen LogP contribution in [0.4, 0.5) is 0 Å². The fourth-order valence-electron chi connectivity index (χ4n) is 2.02. The number of ether oxygens (including phenoxy) is 1. The minimum absolute atomic E-state index is 0. The molecule has 0 amide bonds. The predicted molar refractivity (Wildman–Crippen MR) is 73.9 cm³/mol. The zero-order chi connectivity index (χ0) is 11.5. The smallest absolute Gasteiger partial charge is 0.119 e. The Balaban J connectivity index is 0.00000144. The van der Waals surface area contributed by atoms with E-state index in [2.05, 4.69) is 11.9 Å². The SMILES string of the molecule is CCC[C@@H](N)c1c[nH]c2ccc(OC)cc12.Cl. The van der Waals surface area contributed by atoms with E-state index in [0.717, 1.165) is 24.1 Å². The third kappa shape index (κ3) is 2.73. The average molecular weight is 255 g/mol. The van der Waals surface area contributed by atoms with Gasteiger partial charge in [0.2, 0.25) is 0 Å². The van der Waals surface area contributed by atoms with Gasteiger partial charge in [0.25, 0.3) is 0 Å². The first kappa shape index (κ1) is 13.9. The lowest BCUT2D eigenvalue weighted by Crippen LogP contribution is -2.08. The van der Waals surface area contributed by atoms with E-state index in [4.69, 9.17) is 10.5 Å². The maximum Gasteiger partial charge on any atom is 0.119 e. The predicted octanol–water partition coefficient (Wildman–Crippen LogP) is 3.40. The van der Waals surface area contributed by atoms with Crippen molar-refractivity contribution in [2.45, 2.75) is 25.8 Å². The van der Waals surface area contributed by atoms with Gasteiger partial charge in [0, 0.05) is 23.1 Å². The van der Waals surface area contributed by atoms with Crippen molar-refractivity contribution in [3.8, 4) is 5.75 Å². The van der Waals surface area contributed by atoms with Gasteiger partial charge >= 0.3 is 0 Å². The van der Waals surface area contributed by atoms with Gasteiger partial charge in [-0.25, -0.2) is 0 Å². The van der Waals surface area contributed by atoms with Gasteiger partial charge in [-0.15, -0.1) is 12.4 Å². The first-order chi connectivity index (χ1) is 7.76. The van der Waals surface area contributed by atoms with E-state index < -0.39 is 0 Å². The average Bonchev–Trinajstić information content (AvgIpc) is 2.71. The molecule has 0 aliphatic rings. The molecule has 0 radical (unpaired) electrons. The summed E-state index contributed by atoms with van der Waals surface area (Å²) in [7, 11) is 1.68. The third-order valence-corrected chi connectivity index (χ3v) is 2.92. The Labute approximate surface area is 108 Å². The lowest BCUT2D eigenvalue weighted by molar-refractivity contribution is 0.415. The number of aromatic amines is 1. The van der Waals surface area contributed by atoms with Crippen molar-refractivity contribution in [2.75, 3.05) is 7.11 Å². The van der Waals surface area contributed by atoms with Crippen molar-refractivity contribution in [3.63, 3.8) is 0 Å². The van der Waals surface area contributed by atoms with Crippen LogP contribution in [-0.2, 0) is 0 Å². The molecule has 0 bridgehead atoms. The Morgan fingerprint density at radius 1 is 1.41 bits per heavy atom. The van der Waals surface area contributed by atoms with Crippen LogP contribution in [0.25, 0.3) is 10.9 Å². The van der Waals surface area contributed by atoms with Gasteiger partial charge in [0.05, 0.1) is 7.11 Å². The maximum absolute atomic E-state index is 6.15. The highest BCUT2D eigenvalue weighted by Crippen LogP contribution is 2.28. The highest BCUT2D eigenvalue weighted by atomic mass is 35.5. The summed E-state index contributed by atoms with van der Waals surface area (Å²) in [4.78, 5) is 3.24. The molecular formula is C13H19ClN2O. The maximum atomic E-state index is 6.15. The molecule has 0 fully saturated rings. The number of aromatic nitrogens is 1. The minimum atomic E-state index is 0. The van der Waals surface area contributed by atoms with Gasteiger partial charge in [-0.05, 0) is 30.2 Å². The molecule has 1 aromatic carbocycles. The summed E-state index contributed by atoms with van der Waals surface area (Å²) in [5.74, 6) is 0.872. The van der Waals surface area contributed by atoms with Crippen molar-refractivity contribution >= 4 is 23.3 Å². The second-order valence-corrected chi connectivity index (χ2v) is 4.05. The van der Waals surface area contributed by atoms with Gasteiger partial charge in [-0.3, -0.25) is 0 Å². The topological polar surface area (TPSA) is 51.0 Å². The van der Waals surface area contributed by atoms with Crippen LogP contribution < -0.4 is 10.5 Å². The molecule has 0 aliphatic carbocycles. The van der Waals surface area contributed by atoms with E-state index in [-0.39, 0.29) is 18.4 Å². The number of rotatable bonds is 4. The first-order valence-electron chi connectivity index (χ1n) is 5.67. The lowest BCUT2D eigenvalue weighted by atomic mass is 10.0. The van der Waals surface area contributed by atoms with Crippen LogP contribution in [-0.4, -0.2) is 12.1 Å². The number of benzene rings is 1. The molecular weight excluding hydrogens is 236 g/mol. The Morgan fingerprint density at radius 2 is 2.18 bits per heavy atom. The third-order valence-electron chi connectivity index (χ3n) is 2.92. The molecule has 1 heterocycles. The molecule has 1 aromatic heterocycles. The van der Waals surface area contributed by atoms with E-state index in [1.165, 1.54) is 10.9 Å². The van der Waals surface area contributed by atoms with Crippen LogP contribution in [0.1, 0.15) is 31.4 Å². The second-order valence-electron chi connectivity index (χ2n) is 4.05. The molecule has 0 aliphatic heterocycles. The number of halogens is 1. The highest BCUT2D eigenvalue weighted by Gasteiger charge is 2.11. The fourth-order valence-corrected chi connectivity index (χ4v) is 2.02. The van der Waals surface area contributed by atoms with E-state index in [0.29, 0.717) is 0 Å². The van der Waals surface area contributed by atoms with Crippen LogP contribution in [0.5, 0.6) is 5.75 Å². The number of nitrogens with two attached hydrogens (primary N) is 1. The van der Waals surface area contributed by atoms with Crippen molar-refractivity contribution in [3.05, 3.63) is 30.0 Å². The summed E-state index contributed by atoms with van der Waals surface area (Å²) in [6.45, 7) is 2.15. The van der Waals surface area contributed by atoms with E-state index in [9.17, 15) is 0 Å². The van der Waals surface area contributed by atoms with E-state index in [1.807, 2.05) is 24.4 Å². The quantitative estimate of drug-likeness (QED) is 0.879. The molecule has 17 heavy (non-hydrogen) atoms. The van der Waals surface area contributed by atoms with E-state index >= 15 is 0 Å². The molecule has 1 atom stereocenters. The van der Waals surface area contributed by atoms with Crippen LogP contribution in [0.15, 0.2) is 24.4 Å². The molecule has 3 nitrogen and oxygen atoms in total.